The maximum absolute atomic E-state index is 12.0. The van der Waals surface area contributed by atoms with Gasteiger partial charge in [0, 0.05) is 21.7 Å². The first-order valence-electron chi connectivity index (χ1n) is 7.64. The molecule has 26 heavy (non-hydrogen) atoms. The van der Waals surface area contributed by atoms with Gasteiger partial charge < -0.3 is 4.74 Å². The zero-order valence-corrected chi connectivity index (χ0v) is 15.3. The lowest BCUT2D eigenvalue weighted by atomic mass is 10.0. The quantitative estimate of drug-likeness (QED) is 0.581. The van der Waals surface area contributed by atoms with Gasteiger partial charge in [-0.1, -0.05) is 47.6 Å². The fourth-order valence-corrected chi connectivity index (χ4v) is 3.55. The lowest BCUT2D eigenvalue weighted by Gasteiger charge is -2.10. The van der Waals surface area contributed by atoms with E-state index in [-0.39, 0.29) is 0 Å². The highest BCUT2D eigenvalue weighted by Gasteiger charge is 2.17. The first kappa shape index (κ1) is 18.0. The number of carbonyl (C=O) groups is 1. The highest BCUT2D eigenvalue weighted by molar-refractivity contribution is 7.99. The van der Waals surface area contributed by atoms with Gasteiger partial charge in [0.15, 0.2) is 0 Å². The van der Waals surface area contributed by atoms with Crippen molar-refractivity contribution in [1.29, 1.82) is 5.26 Å². The normalized spacial score (nSPS) is 10.2. The Morgan fingerprint density at radius 3 is 2.58 bits per heavy atom. The summed E-state index contributed by atoms with van der Waals surface area (Å²) in [6, 6.07) is 18.4. The fraction of sp³-hybridized carbons (Fsp3) is 0.0500. The number of hydrogen-bond donors (Lipinski definition) is 0. The molecule has 0 N–H and O–H groups in total. The molecule has 0 aliphatic carbocycles. The first-order chi connectivity index (χ1) is 12.6. The number of nitrogens with zero attached hydrogens (tertiary/aromatic N) is 2. The van der Waals surface area contributed by atoms with Crippen molar-refractivity contribution >= 4 is 29.3 Å². The van der Waals surface area contributed by atoms with Crippen molar-refractivity contribution in [2.45, 2.75) is 9.92 Å². The average Bonchev–Trinajstić information content (AvgIpc) is 2.68. The number of benzene rings is 2. The molecule has 0 fully saturated rings. The van der Waals surface area contributed by atoms with E-state index in [1.54, 1.807) is 42.6 Å². The number of esters is 1. The van der Waals surface area contributed by atoms with Gasteiger partial charge >= 0.3 is 5.97 Å². The van der Waals surface area contributed by atoms with Gasteiger partial charge in [-0.15, -0.1) is 0 Å². The van der Waals surface area contributed by atoms with Crippen LogP contribution in [-0.2, 0) is 4.74 Å². The molecule has 6 heteroatoms. The van der Waals surface area contributed by atoms with E-state index in [1.165, 1.54) is 18.9 Å². The molecular formula is C20H13ClN2O2S. The van der Waals surface area contributed by atoms with Gasteiger partial charge in [-0.2, -0.15) is 5.26 Å². The number of aromatic nitrogens is 1. The zero-order valence-electron chi connectivity index (χ0n) is 13.8. The molecule has 0 atom stereocenters. The Bertz CT molecular complexity index is 997. The second-order valence-electron chi connectivity index (χ2n) is 5.25. The Kier molecular flexibility index (Phi) is 5.57. The Balaban J connectivity index is 2.05. The SMILES string of the molecule is COC(=O)c1ccccc1Sc1nccc(-c2ccc(Cl)cc2)c1C#N. The van der Waals surface area contributed by atoms with Crippen LogP contribution in [-0.4, -0.2) is 18.1 Å². The maximum Gasteiger partial charge on any atom is 0.339 e. The van der Waals surface area contributed by atoms with Crippen LogP contribution in [0.5, 0.6) is 0 Å². The van der Waals surface area contributed by atoms with E-state index >= 15 is 0 Å². The lowest BCUT2D eigenvalue weighted by Crippen LogP contribution is -2.03. The highest BCUT2D eigenvalue weighted by atomic mass is 35.5. The third-order valence-electron chi connectivity index (χ3n) is 3.68. The summed E-state index contributed by atoms with van der Waals surface area (Å²) in [5.74, 6) is -0.430. The number of pyridine rings is 1. The monoisotopic (exact) mass is 380 g/mol. The summed E-state index contributed by atoms with van der Waals surface area (Å²) in [5, 5.41) is 10.8. The van der Waals surface area contributed by atoms with Crippen LogP contribution in [0.15, 0.2) is 70.7 Å². The molecule has 0 unspecified atom stereocenters. The maximum atomic E-state index is 12.0. The molecule has 0 aliphatic heterocycles. The molecule has 2 aromatic carbocycles. The number of ether oxygens (including phenoxy) is 1. The smallest absolute Gasteiger partial charge is 0.339 e. The van der Waals surface area contributed by atoms with Crippen LogP contribution in [0.4, 0.5) is 0 Å². The van der Waals surface area contributed by atoms with E-state index < -0.39 is 5.97 Å². The minimum Gasteiger partial charge on any atom is -0.465 e. The van der Waals surface area contributed by atoms with Crippen molar-refractivity contribution in [3.05, 3.63) is 76.9 Å². The van der Waals surface area contributed by atoms with Crippen LogP contribution in [0, 0.1) is 11.3 Å². The molecule has 0 amide bonds. The van der Waals surface area contributed by atoms with E-state index in [4.69, 9.17) is 16.3 Å². The van der Waals surface area contributed by atoms with E-state index in [9.17, 15) is 10.1 Å². The Morgan fingerprint density at radius 1 is 1.15 bits per heavy atom. The highest BCUT2D eigenvalue weighted by Crippen LogP contribution is 2.35. The summed E-state index contributed by atoms with van der Waals surface area (Å²) >= 11 is 7.21. The molecular weight excluding hydrogens is 368 g/mol. The molecule has 0 spiro atoms. The summed E-state index contributed by atoms with van der Waals surface area (Å²) in [6.07, 6.45) is 1.65. The van der Waals surface area contributed by atoms with E-state index in [1.807, 2.05) is 18.2 Å². The predicted octanol–water partition coefficient (Wildman–Crippen LogP) is 5.21. The van der Waals surface area contributed by atoms with Gasteiger partial charge in [0.05, 0.1) is 18.2 Å². The molecule has 0 aliphatic rings. The second-order valence-corrected chi connectivity index (χ2v) is 6.71. The van der Waals surface area contributed by atoms with Gasteiger partial charge in [-0.3, -0.25) is 0 Å². The van der Waals surface area contributed by atoms with Gasteiger partial charge in [-0.25, -0.2) is 9.78 Å². The molecule has 1 aromatic heterocycles. The second kappa shape index (κ2) is 8.05. The number of hydrogen-bond acceptors (Lipinski definition) is 5. The van der Waals surface area contributed by atoms with Crippen LogP contribution >= 0.6 is 23.4 Å². The molecule has 3 aromatic rings. The molecule has 0 radical (unpaired) electrons. The van der Waals surface area contributed by atoms with Crippen LogP contribution in [0.1, 0.15) is 15.9 Å². The molecule has 1 heterocycles. The predicted molar refractivity (Wildman–Crippen MR) is 101 cm³/mol. The molecule has 3 rings (SSSR count). The molecule has 4 nitrogen and oxygen atoms in total. The lowest BCUT2D eigenvalue weighted by molar-refractivity contribution is 0.0597. The van der Waals surface area contributed by atoms with E-state index in [2.05, 4.69) is 11.1 Å². The number of carbonyl (C=O) groups excluding carboxylic acids is 1. The van der Waals surface area contributed by atoms with Crippen LogP contribution in [0.3, 0.4) is 0 Å². The minimum absolute atomic E-state index is 0.430. The van der Waals surface area contributed by atoms with E-state index in [0.717, 1.165) is 11.1 Å². The third kappa shape index (κ3) is 3.72. The van der Waals surface area contributed by atoms with Gasteiger partial charge in [-0.05, 0) is 35.9 Å². The topological polar surface area (TPSA) is 63.0 Å². The van der Waals surface area contributed by atoms with Crippen LogP contribution in [0.2, 0.25) is 5.02 Å². The summed E-state index contributed by atoms with van der Waals surface area (Å²) in [5.41, 5.74) is 2.51. The Hall–Kier alpha value is -2.81. The number of halogens is 1. The zero-order chi connectivity index (χ0) is 18.5. The van der Waals surface area contributed by atoms with Gasteiger partial charge in [0.25, 0.3) is 0 Å². The minimum atomic E-state index is -0.430. The van der Waals surface area contributed by atoms with Crippen molar-refractivity contribution in [2.75, 3.05) is 7.11 Å². The molecule has 0 saturated heterocycles. The first-order valence-corrected chi connectivity index (χ1v) is 8.83. The Labute approximate surface area is 160 Å². The van der Waals surface area contributed by atoms with Crippen molar-refractivity contribution in [3.63, 3.8) is 0 Å². The Morgan fingerprint density at radius 2 is 1.88 bits per heavy atom. The number of rotatable bonds is 4. The summed E-state index contributed by atoms with van der Waals surface area (Å²) in [4.78, 5) is 17.0. The largest absolute Gasteiger partial charge is 0.465 e. The standard InChI is InChI=1S/C20H13ClN2O2S/c1-25-20(24)16-4-2-3-5-18(16)26-19-17(12-22)15(10-11-23-19)13-6-8-14(21)9-7-13/h2-11H,1H3. The van der Waals surface area contributed by atoms with Crippen molar-refractivity contribution in [1.82, 2.24) is 4.98 Å². The number of nitriles is 1. The summed E-state index contributed by atoms with van der Waals surface area (Å²) < 4.78 is 4.83. The summed E-state index contributed by atoms with van der Waals surface area (Å²) in [6.45, 7) is 0. The molecule has 0 bridgehead atoms. The summed E-state index contributed by atoms with van der Waals surface area (Å²) in [7, 11) is 1.34. The molecule has 128 valence electrons. The van der Waals surface area contributed by atoms with Crippen molar-refractivity contribution in [2.24, 2.45) is 0 Å². The third-order valence-corrected chi connectivity index (χ3v) is 5.01. The fourth-order valence-electron chi connectivity index (χ4n) is 2.44. The van der Waals surface area contributed by atoms with Crippen LogP contribution in [0.25, 0.3) is 11.1 Å². The van der Waals surface area contributed by atoms with E-state index in [0.29, 0.717) is 26.1 Å². The van der Waals surface area contributed by atoms with Crippen LogP contribution < -0.4 is 0 Å². The van der Waals surface area contributed by atoms with Gasteiger partial charge in [0.2, 0.25) is 0 Å². The average molecular weight is 381 g/mol. The van der Waals surface area contributed by atoms with Crippen molar-refractivity contribution < 1.29 is 9.53 Å². The van der Waals surface area contributed by atoms with Gasteiger partial charge in [0.1, 0.15) is 11.1 Å². The molecule has 0 saturated carbocycles. The number of methoxy groups -OCH3 is 1. The van der Waals surface area contributed by atoms with Crippen molar-refractivity contribution in [3.8, 4) is 17.2 Å².